The highest BCUT2D eigenvalue weighted by Gasteiger charge is 2.54. The molecule has 3 saturated heterocycles. The Morgan fingerprint density at radius 2 is 1.23 bits per heavy atom. The molecule has 3 aliphatic rings. The Morgan fingerprint density at radius 3 is 1.73 bits per heavy atom. The van der Waals surface area contributed by atoms with Gasteiger partial charge in [0.2, 0.25) is 5.91 Å². The molecule has 0 spiro atoms. The van der Waals surface area contributed by atoms with E-state index in [0.717, 1.165) is 24.5 Å². The third-order valence-electron chi connectivity index (χ3n) is 12.3. The highest BCUT2D eigenvalue weighted by Crippen LogP contribution is 2.52. The number of nitrogens with zero attached hydrogens (tertiary/aromatic N) is 9. The van der Waals surface area contributed by atoms with E-state index in [2.05, 4.69) is 34.8 Å². The minimum absolute atomic E-state index is 0.0193. The van der Waals surface area contributed by atoms with Crippen LogP contribution < -0.4 is 43.5 Å². The summed E-state index contributed by atoms with van der Waals surface area (Å²) in [5, 5.41) is 37.3. The summed E-state index contributed by atoms with van der Waals surface area (Å²) in [6.07, 6.45) is -15.8. The predicted octanol–water partition coefficient (Wildman–Crippen LogP) is -3.48. The number of ether oxygens (including phenoxy) is 4. The lowest BCUT2D eigenvalue weighted by Crippen LogP contribution is -2.53. The molecule has 1 amide bonds. The van der Waals surface area contributed by atoms with E-state index in [1.807, 2.05) is 0 Å². The van der Waals surface area contributed by atoms with Crippen LogP contribution in [0.5, 0.6) is 5.75 Å². The van der Waals surface area contributed by atoms with Crippen LogP contribution in [0.1, 0.15) is 24.2 Å². The quantitative estimate of drug-likeness (QED) is 0.0300. The van der Waals surface area contributed by atoms with Crippen molar-refractivity contribution in [1.82, 2.24) is 43.9 Å². The molecule has 426 valence electrons. The molecular weight excluding hydrogens is 1110 g/mol. The maximum Gasteiger partial charge on any atom is 0.472 e. The summed E-state index contributed by atoms with van der Waals surface area (Å²) in [7, 11) is -11.5. The van der Waals surface area contributed by atoms with Crippen molar-refractivity contribution in [1.29, 1.82) is 0 Å². The smallest absolute Gasteiger partial charge is 0.472 e. The molecule has 8 rings (SSSR count). The summed E-state index contributed by atoms with van der Waals surface area (Å²) in [6.45, 7) is -3.28. The van der Waals surface area contributed by atoms with Crippen molar-refractivity contribution in [2.24, 2.45) is 5.73 Å². The Balaban J connectivity index is 1.02. The highest BCUT2D eigenvalue weighted by molar-refractivity contribution is 7.47. The molecule has 2 unspecified atom stereocenters. The molecule has 78 heavy (non-hydrogen) atoms. The van der Waals surface area contributed by atoms with Gasteiger partial charge < -0.3 is 81.3 Å². The zero-order valence-corrected chi connectivity index (χ0v) is 43.6. The van der Waals surface area contributed by atoms with Gasteiger partial charge in [0.1, 0.15) is 72.5 Å². The topological polar surface area (TPSA) is 500 Å². The number of phosphoric ester groups is 3. The number of amides is 1. The molecule has 14 N–H and O–H groups in total. The minimum Gasteiger partial charge on any atom is -0.497 e. The lowest BCUT2D eigenvalue weighted by atomic mass is 10.0. The molecule has 38 heteroatoms. The molecule has 0 radical (unpaired) electrons. The number of rotatable bonds is 22. The molecule has 1 aromatic carbocycles. The van der Waals surface area contributed by atoms with Gasteiger partial charge in [0, 0.05) is 26.5 Å². The number of hydrogen-bond donors (Lipinski definition) is 11. The Bertz CT molecular complexity index is 3220. The first-order chi connectivity index (χ1) is 36.7. The first-order valence-electron chi connectivity index (χ1n) is 23.0. The van der Waals surface area contributed by atoms with E-state index in [1.165, 1.54) is 24.3 Å². The van der Waals surface area contributed by atoms with Gasteiger partial charge in [-0.1, -0.05) is 12.1 Å². The number of fused-ring (bicyclic) bond motifs is 1. The van der Waals surface area contributed by atoms with Crippen LogP contribution in [0.15, 0.2) is 71.0 Å². The highest BCUT2D eigenvalue weighted by atomic mass is 31.2. The molecule has 0 bridgehead atoms. The lowest BCUT2D eigenvalue weighted by Gasteiger charge is -2.26. The number of hydrogen-bond acceptors (Lipinski definition) is 27. The van der Waals surface area contributed by atoms with Crippen LogP contribution in [-0.4, -0.2) is 181 Å². The number of imidazole rings is 1. The number of carbonyl (C=O) groups excluding carboxylic acids is 1. The first kappa shape index (κ1) is 58.4. The molecule has 5 aromatic rings. The second kappa shape index (κ2) is 23.5. The zero-order valence-electron chi connectivity index (χ0n) is 41.0. The number of benzene rings is 1. The van der Waals surface area contributed by atoms with Crippen molar-refractivity contribution in [3.63, 3.8) is 0 Å². The van der Waals surface area contributed by atoms with E-state index in [4.69, 9.17) is 54.2 Å². The number of nitrogen functional groups attached to an aromatic ring is 2. The lowest BCUT2D eigenvalue weighted by molar-refractivity contribution is -0.124. The summed E-state index contributed by atoms with van der Waals surface area (Å²) in [4.78, 5) is 102. The van der Waals surface area contributed by atoms with Gasteiger partial charge in [-0.25, -0.2) is 38.2 Å². The Kier molecular flexibility index (Phi) is 17.6. The zero-order chi connectivity index (χ0) is 56.6. The summed E-state index contributed by atoms with van der Waals surface area (Å²) in [5.74, 6) is -0.322. The molecule has 0 saturated carbocycles. The number of aliphatic hydroxyl groups excluding tert-OH is 3. The molecule has 35 nitrogen and oxygen atoms in total. The number of aromatic nitrogens is 8. The number of nitrogens with two attached hydrogens (primary N) is 3. The minimum atomic E-state index is -5.60. The SMILES string of the molecule is COc1ccc(C[C@H](N)C(=O)N[C@H]2[C@@H](O)[C@H](n3cnc4c(N(C)C)ncnc43)O[C@@H]2COP(=O)(O)O[C@H]2[C@@H](O)[C@H](n3ccc(N)nc3=O)O[C@@H]2COP(=O)(O)O[C@H]2[C@@H](O)[C@H](n3ccc(N)nc3=O)O[C@@H]2COP(=O)(O)O)cc1. The second-order valence-corrected chi connectivity index (χ2v) is 21.9. The predicted molar refractivity (Wildman–Crippen MR) is 261 cm³/mol. The maximum atomic E-state index is 14.0. The van der Waals surface area contributed by atoms with Crippen molar-refractivity contribution in [2.75, 3.05) is 57.4 Å². The van der Waals surface area contributed by atoms with Crippen LogP contribution in [0.3, 0.4) is 0 Å². The fraction of sp³-hybridized carbons (Fsp3) is 0.500. The summed E-state index contributed by atoms with van der Waals surface area (Å²) < 4.78 is 90.3. The Hall–Kier alpha value is -5.75. The van der Waals surface area contributed by atoms with E-state index in [0.29, 0.717) is 31.8 Å². The van der Waals surface area contributed by atoms with E-state index >= 15 is 0 Å². The molecule has 7 heterocycles. The third-order valence-corrected chi connectivity index (χ3v) is 14.7. The summed E-state index contributed by atoms with van der Waals surface area (Å²) >= 11 is 0. The maximum absolute atomic E-state index is 14.0. The van der Waals surface area contributed by atoms with E-state index in [-0.39, 0.29) is 23.7 Å². The van der Waals surface area contributed by atoms with Crippen molar-refractivity contribution in [2.45, 2.75) is 86.0 Å². The number of phosphoric acid groups is 3. The number of methoxy groups -OCH3 is 1. The molecule has 0 aliphatic carbocycles. The fourth-order valence-corrected chi connectivity index (χ4v) is 10.8. The van der Waals surface area contributed by atoms with Crippen molar-refractivity contribution >= 4 is 58.0 Å². The molecule has 15 atom stereocenters. The first-order valence-corrected chi connectivity index (χ1v) is 27.5. The Morgan fingerprint density at radius 1 is 0.731 bits per heavy atom. The van der Waals surface area contributed by atoms with E-state index < -0.39 is 140 Å². The largest absolute Gasteiger partial charge is 0.497 e. The van der Waals surface area contributed by atoms with Crippen molar-refractivity contribution in [3.05, 3.63) is 88.0 Å². The number of anilines is 3. The van der Waals surface area contributed by atoms with Crippen LogP contribution in [-0.2, 0) is 61.7 Å². The Labute approximate surface area is 438 Å². The van der Waals surface area contributed by atoms with Crippen LogP contribution in [0.25, 0.3) is 11.2 Å². The van der Waals surface area contributed by atoms with Gasteiger partial charge in [0.05, 0.1) is 45.3 Å². The second-order valence-electron chi connectivity index (χ2n) is 17.8. The summed E-state index contributed by atoms with van der Waals surface area (Å²) in [5.41, 5.74) is 16.4. The molecule has 4 aromatic heterocycles. The van der Waals surface area contributed by atoms with Crippen LogP contribution >= 0.6 is 23.5 Å². The third kappa shape index (κ3) is 13.3. The average molecular weight is 1160 g/mol. The van der Waals surface area contributed by atoms with E-state index in [9.17, 15) is 63.0 Å². The average Bonchev–Trinajstić information content (AvgIpc) is 4.32. The number of nitrogens with one attached hydrogen (secondary N) is 1. The van der Waals surface area contributed by atoms with Crippen LogP contribution in [0.2, 0.25) is 0 Å². The summed E-state index contributed by atoms with van der Waals surface area (Å²) in [6, 6.07) is 6.31. The normalized spacial score (nSPS) is 28.3. The van der Waals surface area contributed by atoms with Crippen LogP contribution in [0.4, 0.5) is 17.5 Å². The molecular formula is C40H54N13O22P3. The van der Waals surface area contributed by atoms with Gasteiger partial charge in [-0.15, -0.1) is 0 Å². The fourth-order valence-electron chi connectivity index (χ4n) is 8.57. The van der Waals surface area contributed by atoms with Crippen molar-refractivity contribution in [3.8, 4) is 5.75 Å². The van der Waals surface area contributed by atoms with Crippen LogP contribution in [0, 0.1) is 0 Å². The van der Waals surface area contributed by atoms with Gasteiger partial charge in [-0.2, -0.15) is 9.97 Å². The standard InChI is InChI=1S/C40H54N13O22P3/c1-50(2)33-27-34(45-16-44-33)53(17-46-27)36-28(54)26(49-35(57)20(41)12-18-4-6-19(67-3)7-5-18)21(71-36)13-69-77(63,64)75-32-23(73-38(30(32)56)52-11-9-25(43)48-40(52)59)15-70-78(65,66)74-31-22(14-68-76(60,61)62)72-37(29(31)55)51-10-8-24(42)47-39(51)58/h4-11,16-17,20-23,26,28-32,36-38,54-56H,12-15,41H2,1-3H3,(H,49,57)(H,63,64)(H,65,66)(H2,42,47,58)(H2,43,48,59)(H2,60,61,62)/t20-,21+,22+,23+,26+,28+,29+,30+,31+,32+,36+,37+,38+/m0/s1. The van der Waals surface area contributed by atoms with Gasteiger partial charge in [0.25, 0.3) is 0 Å². The van der Waals surface area contributed by atoms with E-state index in [1.54, 1.807) is 43.3 Å². The number of aliphatic hydroxyl groups is 3. The monoisotopic (exact) mass is 1160 g/mol. The van der Waals surface area contributed by atoms with Gasteiger partial charge in [0.15, 0.2) is 35.7 Å². The number of carbonyl (C=O) groups is 1. The molecule has 3 fully saturated rings. The van der Waals surface area contributed by atoms with Crippen molar-refractivity contribution < 1.29 is 94.9 Å². The molecule has 3 aliphatic heterocycles. The van der Waals surface area contributed by atoms with Gasteiger partial charge in [-0.05, 0) is 36.2 Å². The van der Waals surface area contributed by atoms with Gasteiger partial charge >= 0.3 is 34.8 Å². The van der Waals surface area contributed by atoms with Gasteiger partial charge in [-0.3, -0.25) is 41.1 Å².